The van der Waals surface area contributed by atoms with Crippen LogP contribution >= 0.6 is 0 Å². The van der Waals surface area contributed by atoms with Gasteiger partial charge in [-0.3, -0.25) is 4.79 Å². The molecular weight excluding hydrogens is 1050 g/mol. The number of ether oxygens (including phenoxy) is 2. The molecule has 7 unspecified atom stereocenters. The van der Waals surface area contributed by atoms with Gasteiger partial charge in [-0.25, -0.2) is 0 Å². The number of hydrogen-bond donors (Lipinski definition) is 6. The molecule has 1 aliphatic rings. The quantitative estimate of drug-likeness (QED) is 0.0261. The average Bonchev–Trinajstić information content (AvgIpc) is 3.71. The van der Waals surface area contributed by atoms with Crippen molar-refractivity contribution in [3.8, 4) is 0 Å². The Balaban J connectivity index is 2.14. The normalized spacial score (nSPS) is 18.7. The molecule has 0 saturated carbocycles. The lowest BCUT2D eigenvalue weighted by molar-refractivity contribution is -0.302. The summed E-state index contributed by atoms with van der Waals surface area (Å²) in [4.78, 5) is 13.1. The van der Waals surface area contributed by atoms with E-state index in [2.05, 4.69) is 104 Å². The highest BCUT2D eigenvalue weighted by atomic mass is 16.7. The number of carbonyl (C=O) groups excluding carboxylic acids is 1. The fourth-order valence-electron chi connectivity index (χ4n) is 11.1. The third-order valence-corrected chi connectivity index (χ3v) is 16.6. The molecule has 85 heavy (non-hydrogen) atoms. The standard InChI is InChI=1S/C76H135NO8/c1-3-5-7-9-11-13-15-17-19-21-23-25-27-29-31-32-33-34-35-36-37-38-40-42-44-46-48-50-52-54-56-58-60-62-64-66-72(80)77-69(68-84-76-75(83)74(82)73(81)71(67-78)85-76)70(79)65-63-61-59-57-55-53-51-49-47-45-43-41-39-30-28-26-24-22-20-18-16-14-12-10-8-6-4-2/h5,7,11,13,17,19,23,25,29,31,33-34,55,57,63,65,69-71,73-76,78-79,81-83H,3-4,6,8-10,12,14-16,18,20-22,24,26-28,30,32,35-54,56,58-62,64,66-68H2,1-2H3,(H,77,80)/b7-5-,13-11-,19-17-,25-23-,31-29-,34-33-,57-55+,65-63+. The van der Waals surface area contributed by atoms with Crippen molar-refractivity contribution in [1.29, 1.82) is 0 Å². The van der Waals surface area contributed by atoms with E-state index in [-0.39, 0.29) is 12.5 Å². The number of allylic oxidation sites excluding steroid dienone is 15. The third kappa shape index (κ3) is 52.7. The van der Waals surface area contributed by atoms with Gasteiger partial charge in [0, 0.05) is 6.42 Å². The summed E-state index contributed by atoms with van der Waals surface area (Å²) < 4.78 is 11.3. The molecule has 0 aromatic carbocycles. The molecule has 1 fully saturated rings. The van der Waals surface area contributed by atoms with Gasteiger partial charge in [-0.1, -0.05) is 329 Å². The SMILES string of the molecule is CC/C=C\C/C=C\C/C=C\C/C=C\C/C=C\C/C=C\CCCCCCCCCCCCCCCCCCC(=O)NC(COC1OC(CO)C(O)C(O)C1O)C(O)/C=C/CC/C=C/CCCCCCCCCCCCCCCCCCCCCCC. The number of aliphatic hydroxyl groups excluding tert-OH is 5. The van der Waals surface area contributed by atoms with Crippen LogP contribution in [0.4, 0.5) is 0 Å². The highest BCUT2D eigenvalue weighted by molar-refractivity contribution is 5.76. The average molecular weight is 1190 g/mol. The van der Waals surface area contributed by atoms with Crippen LogP contribution in [0.1, 0.15) is 322 Å². The number of amides is 1. The van der Waals surface area contributed by atoms with Crippen LogP contribution in [0.25, 0.3) is 0 Å². The van der Waals surface area contributed by atoms with E-state index in [4.69, 9.17) is 9.47 Å². The molecule has 1 saturated heterocycles. The van der Waals surface area contributed by atoms with Gasteiger partial charge < -0.3 is 40.3 Å². The van der Waals surface area contributed by atoms with Gasteiger partial charge in [-0.15, -0.1) is 0 Å². The summed E-state index contributed by atoms with van der Waals surface area (Å²) in [7, 11) is 0. The fourth-order valence-corrected chi connectivity index (χ4v) is 11.1. The molecule has 1 aliphatic heterocycles. The van der Waals surface area contributed by atoms with E-state index >= 15 is 0 Å². The van der Waals surface area contributed by atoms with Crippen molar-refractivity contribution >= 4 is 5.91 Å². The molecule has 0 aliphatic carbocycles. The molecule has 0 aromatic rings. The summed E-state index contributed by atoms with van der Waals surface area (Å²) in [5.74, 6) is -0.185. The van der Waals surface area contributed by atoms with Crippen molar-refractivity contribution in [3.63, 3.8) is 0 Å². The number of unbranched alkanes of at least 4 members (excludes halogenated alkanes) is 38. The summed E-state index contributed by atoms with van der Waals surface area (Å²) in [5, 5.41) is 54.8. The molecule has 1 amide bonds. The van der Waals surface area contributed by atoms with Crippen LogP contribution in [0, 0.1) is 0 Å². The highest BCUT2D eigenvalue weighted by Crippen LogP contribution is 2.23. The molecule has 9 heteroatoms. The molecular formula is C76H135NO8. The monoisotopic (exact) mass is 1190 g/mol. The Hall–Kier alpha value is -2.89. The van der Waals surface area contributed by atoms with Gasteiger partial charge in [-0.05, 0) is 83.5 Å². The Bertz CT molecular complexity index is 1670. The zero-order valence-electron chi connectivity index (χ0n) is 55.1. The lowest BCUT2D eigenvalue weighted by atomic mass is 9.99. The maximum Gasteiger partial charge on any atom is 0.220 e. The van der Waals surface area contributed by atoms with Crippen molar-refractivity contribution in [2.24, 2.45) is 0 Å². The number of rotatable bonds is 62. The molecule has 492 valence electrons. The second kappa shape index (κ2) is 64.1. The summed E-state index contributed by atoms with van der Waals surface area (Å²) in [5.41, 5.74) is 0. The Kier molecular flexibility index (Phi) is 60.4. The smallest absolute Gasteiger partial charge is 0.220 e. The van der Waals surface area contributed by atoms with Crippen LogP contribution in [0.15, 0.2) is 97.2 Å². The third-order valence-electron chi connectivity index (χ3n) is 16.6. The molecule has 6 N–H and O–H groups in total. The van der Waals surface area contributed by atoms with Crippen molar-refractivity contribution in [2.75, 3.05) is 13.2 Å². The molecule has 0 aromatic heterocycles. The molecule has 1 rings (SSSR count). The largest absolute Gasteiger partial charge is 0.394 e. The van der Waals surface area contributed by atoms with Crippen molar-refractivity contribution < 1.29 is 39.8 Å². The summed E-state index contributed by atoms with van der Waals surface area (Å²) in [6.45, 7) is 3.68. The minimum absolute atomic E-state index is 0.185. The maximum atomic E-state index is 13.1. The van der Waals surface area contributed by atoms with E-state index < -0.39 is 49.5 Å². The van der Waals surface area contributed by atoms with Gasteiger partial charge in [-0.2, -0.15) is 0 Å². The molecule has 7 atom stereocenters. The van der Waals surface area contributed by atoms with Gasteiger partial charge in [0.05, 0.1) is 25.4 Å². The summed E-state index contributed by atoms with van der Waals surface area (Å²) in [6.07, 6.45) is 86.6. The first-order chi connectivity index (χ1) is 41.8. The van der Waals surface area contributed by atoms with Crippen LogP contribution in [-0.4, -0.2) is 87.5 Å². The van der Waals surface area contributed by atoms with E-state index in [0.29, 0.717) is 6.42 Å². The predicted molar refractivity (Wildman–Crippen MR) is 364 cm³/mol. The van der Waals surface area contributed by atoms with Gasteiger partial charge in [0.1, 0.15) is 24.4 Å². The van der Waals surface area contributed by atoms with Crippen LogP contribution in [0.2, 0.25) is 0 Å². The number of nitrogens with one attached hydrogen (secondary N) is 1. The van der Waals surface area contributed by atoms with Crippen LogP contribution < -0.4 is 5.32 Å². The maximum absolute atomic E-state index is 13.1. The lowest BCUT2D eigenvalue weighted by Crippen LogP contribution is -2.60. The topological polar surface area (TPSA) is 149 Å². The van der Waals surface area contributed by atoms with Gasteiger partial charge >= 0.3 is 0 Å². The summed E-state index contributed by atoms with van der Waals surface area (Å²) >= 11 is 0. The summed E-state index contributed by atoms with van der Waals surface area (Å²) in [6, 6.07) is -0.828. The molecule has 0 spiro atoms. The van der Waals surface area contributed by atoms with E-state index in [1.165, 1.54) is 225 Å². The van der Waals surface area contributed by atoms with Gasteiger partial charge in [0.25, 0.3) is 0 Å². The van der Waals surface area contributed by atoms with Crippen molar-refractivity contribution in [2.45, 2.75) is 365 Å². The minimum Gasteiger partial charge on any atom is -0.394 e. The number of aliphatic hydroxyl groups is 5. The molecule has 0 radical (unpaired) electrons. The van der Waals surface area contributed by atoms with Gasteiger partial charge in [0.15, 0.2) is 6.29 Å². The van der Waals surface area contributed by atoms with E-state index in [1.807, 2.05) is 6.08 Å². The van der Waals surface area contributed by atoms with E-state index in [9.17, 15) is 30.3 Å². The Morgan fingerprint density at radius 3 is 1.13 bits per heavy atom. The van der Waals surface area contributed by atoms with Crippen LogP contribution in [-0.2, 0) is 14.3 Å². The molecule has 1 heterocycles. The minimum atomic E-state index is -1.58. The number of carbonyl (C=O) groups is 1. The zero-order chi connectivity index (χ0) is 61.4. The van der Waals surface area contributed by atoms with Crippen LogP contribution in [0.5, 0.6) is 0 Å². The van der Waals surface area contributed by atoms with Crippen molar-refractivity contribution in [1.82, 2.24) is 5.32 Å². The fraction of sp³-hybridized carbons (Fsp3) is 0.776. The van der Waals surface area contributed by atoms with Gasteiger partial charge in [0.2, 0.25) is 5.91 Å². The van der Waals surface area contributed by atoms with E-state index in [1.54, 1.807) is 6.08 Å². The number of hydrogen-bond acceptors (Lipinski definition) is 8. The first-order valence-electron chi connectivity index (χ1n) is 36.0. The lowest BCUT2D eigenvalue weighted by Gasteiger charge is -2.40. The first kappa shape index (κ1) is 80.1. The molecule has 0 bridgehead atoms. The Labute approximate surface area is 523 Å². The van der Waals surface area contributed by atoms with E-state index in [0.717, 1.165) is 77.0 Å². The second-order valence-electron chi connectivity index (χ2n) is 24.6. The second-order valence-corrected chi connectivity index (χ2v) is 24.6. The predicted octanol–water partition coefficient (Wildman–Crippen LogP) is 19.9. The first-order valence-corrected chi connectivity index (χ1v) is 36.0. The van der Waals surface area contributed by atoms with Crippen molar-refractivity contribution in [3.05, 3.63) is 97.2 Å². The molecule has 9 nitrogen and oxygen atoms in total. The van der Waals surface area contributed by atoms with Crippen LogP contribution in [0.3, 0.4) is 0 Å². The zero-order valence-corrected chi connectivity index (χ0v) is 55.1. The highest BCUT2D eigenvalue weighted by Gasteiger charge is 2.44. The Morgan fingerprint density at radius 1 is 0.412 bits per heavy atom. The Morgan fingerprint density at radius 2 is 0.741 bits per heavy atom.